The third kappa shape index (κ3) is 6.51. The summed E-state index contributed by atoms with van der Waals surface area (Å²) in [6.07, 6.45) is 3.84. The fraction of sp³-hybridized carbons (Fsp3) is 0.692. The highest BCUT2D eigenvalue weighted by Crippen LogP contribution is 2.16. The van der Waals surface area contributed by atoms with Crippen LogP contribution in [0, 0.1) is 0 Å². The Balaban J connectivity index is 4.96. The lowest BCUT2D eigenvalue weighted by atomic mass is 9.92. The molecule has 0 fully saturated rings. The number of rotatable bonds is 8. The Morgan fingerprint density at radius 1 is 1.33 bits per heavy atom. The van der Waals surface area contributed by atoms with Crippen molar-refractivity contribution in [2.75, 3.05) is 27.7 Å². The summed E-state index contributed by atoms with van der Waals surface area (Å²) in [5.74, 6) is -2.00. The SMILES string of the molecule is CCCC=CC(=O)C(O)(CC(=O)[O-])C[N+](C)(C)C. The molecule has 0 radical (unpaired) electrons. The summed E-state index contributed by atoms with van der Waals surface area (Å²) in [6.45, 7) is 1.99. The molecule has 0 aliphatic heterocycles. The topological polar surface area (TPSA) is 77.4 Å². The minimum absolute atomic E-state index is 0.0241. The van der Waals surface area contributed by atoms with Gasteiger partial charge in [-0.15, -0.1) is 0 Å². The molecule has 0 heterocycles. The van der Waals surface area contributed by atoms with E-state index in [0.29, 0.717) is 0 Å². The van der Waals surface area contributed by atoms with E-state index in [-0.39, 0.29) is 11.0 Å². The molecular formula is C13H23NO4. The van der Waals surface area contributed by atoms with Crippen molar-refractivity contribution in [3.8, 4) is 0 Å². The van der Waals surface area contributed by atoms with Crippen molar-refractivity contribution < 1.29 is 24.3 Å². The predicted molar refractivity (Wildman–Crippen MR) is 66.5 cm³/mol. The van der Waals surface area contributed by atoms with Gasteiger partial charge in [0.1, 0.15) is 6.54 Å². The second-order valence-electron chi connectivity index (χ2n) is 5.58. The van der Waals surface area contributed by atoms with Crippen LogP contribution in [0.4, 0.5) is 0 Å². The second-order valence-corrected chi connectivity index (χ2v) is 5.58. The zero-order valence-corrected chi connectivity index (χ0v) is 11.6. The molecule has 104 valence electrons. The third-order valence-electron chi connectivity index (χ3n) is 2.36. The maximum atomic E-state index is 11.9. The lowest BCUT2D eigenvalue weighted by Crippen LogP contribution is -2.55. The fourth-order valence-electron chi connectivity index (χ4n) is 1.76. The first-order valence-electron chi connectivity index (χ1n) is 6.04. The molecule has 0 aliphatic carbocycles. The van der Waals surface area contributed by atoms with E-state index in [1.165, 1.54) is 6.08 Å². The smallest absolute Gasteiger partial charge is 0.193 e. The number of carbonyl (C=O) groups excluding carboxylic acids is 2. The van der Waals surface area contributed by atoms with Crippen molar-refractivity contribution in [2.24, 2.45) is 0 Å². The maximum Gasteiger partial charge on any atom is 0.193 e. The number of nitrogens with zero attached hydrogens (tertiary/aromatic N) is 1. The zero-order valence-electron chi connectivity index (χ0n) is 11.6. The van der Waals surface area contributed by atoms with E-state index in [1.54, 1.807) is 27.2 Å². The van der Waals surface area contributed by atoms with Crippen LogP contribution in [0.15, 0.2) is 12.2 Å². The number of allylic oxidation sites excluding steroid dienone is 1. The van der Waals surface area contributed by atoms with Crippen LogP contribution in [0.5, 0.6) is 0 Å². The molecule has 0 aromatic rings. The van der Waals surface area contributed by atoms with Crippen LogP contribution in [0.25, 0.3) is 0 Å². The minimum atomic E-state index is -1.90. The molecule has 0 aliphatic rings. The van der Waals surface area contributed by atoms with Crippen LogP contribution in [-0.4, -0.2) is 54.6 Å². The molecule has 1 atom stereocenters. The number of quaternary nitrogens is 1. The van der Waals surface area contributed by atoms with E-state index in [9.17, 15) is 19.8 Å². The van der Waals surface area contributed by atoms with Gasteiger partial charge < -0.3 is 19.5 Å². The Morgan fingerprint density at radius 3 is 2.28 bits per heavy atom. The summed E-state index contributed by atoms with van der Waals surface area (Å²) >= 11 is 0. The van der Waals surface area contributed by atoms with Crippen molar-refractivity contribution >= 4 is 11.8 Å². The largest absolute Gasteiger partial charge is 0.550 e. The van der Waals surface area contributed by atoms with Gasteiger partial charge in [0, 0.05) is 12.4 Å². The summed E-state index contributed by atoms with van der Waals surface area (Å²) in [5, 5.41) is 20.9. The van der Waals surface area contributed by atoms with Crippen LogP contribution >= 0.6 is 0 Å². The molecule has 0 aromatic carbocycles. The molecule has 5 nitrogen and oxygen atoms in total. The van der Waals surface area contributed by atoms with Gasteiger partial charge in [-0.3, -0.25) is 4.79 Å². The van der Waals surface area contributed by atoms with E-state index >= 15 is 0 Å². The second kappa shape index (κ2) is 6.66. The van der Waals surface area contributed by atoms with E-state index < -0.39 is 23.8 Å². The molecule has 0 rings (SSSR count). The Morgan fingerprint density at radius 2 is 1.89 bits per heavy atom. The van der Waals surface area contributed by atoms with Crippen molar-refractivity contribution in [1.82, 2.24) is 0 Å². The summed E-state index contributed by atoms with van der Waals surface area (Å²) in [7, 11) is 5.34. The van der Waals surface area contributed by atoms with Gasteiger partial charge in [0.2, 0.25) is 0 Å². The molecule has 0 spiro atoms. The van der Waals surface area contributed by atoms with Crippen LogP contribution in [0.2, 0.25) is 0 Å². The molecule has 0 amide bonds. The minimum Gasteiger partial charge on any atom is -0.550 e. The number of unbranched alkanes of at least 4 members (excludes halogenated alkanes) is 1. The number of ketones is 1. The summed E-state index contributed by atoms with van der Waals surface area (Å²) in [6, 6.07) is 0. The van der Waals surface area contributed by atoms with Crippen molar-refractivity contribution in [1.29, 1.82) is 0 Å². The summed E-state index contributed by atoms with van der Waals surface area (Å²) < 4.78 is 0.289. The van der Waals surface area contributed by atoms with Gasteiger partial charge in [-0.1, -0.05) is 19.4 Å². The first-order valence-corrected chi connectivity index (χ1v) is 6.04. The normalized spacial score (nSPS) is 15.6. The number of carboxylic acids is 1. The van der Waals surface area contributed by atoms with E-state index in [0.717, 1.165) is 12.8 Å². The maximum absolute atomic E-state index is 11.9. The first-order chi connectivity index (χ1) is 8.10. The number of hydrogen-bond acceptors (Lipinski definition) is 4. The molecule has 0 saturated carbocycles. The monoisotopic (exact) mass is 257 g/mol. The molecular weight excluding hydrogens is 234 g/mol. The van der Waals surface area contributed by atoms with Crippen molar-refractivity contribution in [2.45, 2.75) is 31.8 Å². The zero-order chi connectivity index (χ0) is 14.4. The van der Waals surface area contributed by atoms with Gasteiger partial charge in [-0.2, -0.15) is 0 Å². The lowest BCUT2D eigenvalue weighted by molar-refractivity contribution is -0.875. The van der Waals surface area contributed by atoms with Crippen molar-refractivity contribution in [3.63, 3.8) is 0 Å². The quantitative estimate of drug-likeness (QED) is 0.469. The van der Waals surface area contributed by atoms with Gasteiger partial charge >= 0.3 is 0 Å². The Hall–Kier alpha value is -1.20. The standard InChI is InChI=1S/C13H23NO4/c1-5-6-7-8-11(15)13(18,9-12(16)17)10-14(2,3)4/h7-8,18H,5-6,9-10H2,1-4H3. The Bertz CT molecular complexity index is 330. The van der Waals surface area contributed by atoms with Crippen LogP contribution < -0.4 is 5.11 Å². The molecule has 0 bridgehead atoms. The van der Waals surface area contributed by atoms with E-state index in [1.807, 2.05) is 6.92 Å². The van der Waals surface area contributed by atoms with Gasteiger partial charge in [-0.25, -0.2) is 0 Å². The van der Waals surface area contributed by atoms with E-state index in [4.69, 9.17) is 0 Å². The molecule has 18 heavy (non-hydrogen) atoms. The lowest BCUT2D eigenvalue weighted by Gasteiger charge is -2.34. The number of hydrogen-bond donors (Lipinski definition) is 1. The van der Waals surface area contributed by atoms with Gasteiger partial charge in [0.15, 0.2) is 11.4 Å². The van der Waals surface area contributed by atoms with Gasteiger partial charge in [0.25, 0.3) is 0 Å². The number of aliphatic hydroxyl groups is 1. The average Bonchev–Trinajstić information content (AvgIpc) is 2.13. The Kier molecular flexibility index (Phi) is 6.21. The molecule has 5 heteroatoms. The highest BCUT2D eigenvalue weighted by atomic mass is 16.4. The van der Waals surface area contributed by atoms with Crippen molar-refractivity contribution in [3.05, 3.63) is 12.2 Å². The van der Waals surface area contributed by atoms with Gasteiger partial charge in [0.05, 0.1) is 21.1 Å². The molecule has 1 N–H and O–H groups in total. The summed E-state index contributed by atoms with van der Waals surface area (Å²) in [5.41, 5.74) is -1.90. The van der Waals surface area contributed by atoms with Crippen LogP contribution in [-0.2, 0) is 9.59 Å². The predicted octanol–water partition coefficient (Wildman–Crippen LogP) is -0.511. The number of carboxylic acid groups (broad SMARTS) is 1. The first kappa shape index (κ1) is 16.8. The van der Waals surface area contributed by atoms with Crippen LogP contribution in [0.3, 0.4) is 0 Å². The average molecular weight is 257 g/mol. The molecule has 0 aromatic heterocycles. The van der Waals surface area contributed by atoms with Gasteiger partial charge in [-0.05, 0) is 12.5 Å². The third-order valence-corrected chi connectivity index (χ3v) is 2.36. The summed E-state index contributed by atoms with van der Waals surface area (Å²) in [4.78, 5) is 22.6. The highest BCUT2D eigenvalue weighted by molar-refractivity contribution is 5.99. The number of aliphatic carboxylic acids is 1. The number of likely N-dealkylation sites (N-methyl/N-ethyl adjacent to an activating group) is 1. The van der Waals surface area contributed by atoms with E-state index in [2.05, 4.69) is 0 Å². The number of carbonyl (C=O) groups is 2. The Labute approximate surface area is 108 Å². The van der Waals surface area contributed by atoms with Crippen LogP contribution in [0.1, 0.15) is 26.2 Å². The molecule has 0 saturated heterocycles. The fourth-order valence-corrected chi connectivity index (χ4v) is 1.76. The molecule has 1 unspecified atom stereocenters. The highest BCUT2D eigenvalue weighted by Gasteiger charge is 2.39.